The largest absolute Gasteiger partial charge is 0.457 e. The van der Waals surface area contributed by atoms with Crippen molar-refractivity contribution in [3.63, 3.8) is 0 Å². The highest BCUT2D eigenvalue weighted by Crippen LogP contribution is 2.29. The Balaban J connectivity index is 1.39. The number of ether oxygens (including phenoxy) is 1. The van der Waals surface area contributed by atoms with E-state index in [0.29, 0.717) is 28.7 Å². The summed E-state index contributed by atoms with van der Waals surface area (Å²) in [5, 5.41) is 3.46. The number of carbonyl (C=O) groups is 2. The molecular weight excluding hydrogens is 412 g/mol. The van der Waals surface area contributed by atoms with Crippen LogP contribution in [0.3, 0.4) is 0 Å². The fourth-order valence-corrected chi connectivity index (χ4v) is 3.77. The zero-order chi connectivity index (χ0) is 22.0. The summed E-state index contributed by atoms with van der Waals surface area (Å²) >= 11 is 6.03. The molecule has 158 valence electrons. The van der Waals surface area contributed by atoms with Crippen molar-refractivity contribution in [2.45, 2.75) is 20.3 Å². The molecule has 1 N–H and O–H groups in total. The van der Waals surface area contributed by atoms with Gasteiger partial charge >= 0.3 is 0 Å². The van der Waals surface area contributed by atoms with Crippen LogP contribution in [-0.4, -0.2) is 18.4 Å². The molecule has 1 heterocycles. The number of carbonyl (C=O) groups excluding carboxylic acids is 2. The predicted octanol–water partition coefficient (Wildman–Crippen LogP) is 5.74. The summed E-state index contributed by atoms with van der Waals surface area (Å²) in [5.74, 6) is 0.815. The van der Waals surface area contributed by atoms with E-state index in [1.54, 1.807) is 35.2 Å². The minimum absolute atomic E-state index is 0.0836. The van der Waals surface area contributed by atoms with Crippen LogP contribution in [0.1, 0.15) is 17.5 Å². The Morgan fingerprint density at radius 2 is 1.81 bits per heavy atom. The number of anilines is 2. The van der Waals surface area contributed by atoms with E-state index in [4.69, 9.17) is 16.3 Å². The number of benzene rings is 3. The lowest BCUT2D eigenvalue weighted by Crippen LogP contribution is -2.28. The van der Waals surface area contributed by atoms with Crippen LogP contribution >= 0.6 is 11.6 Å². The van der Waals surface area contributed by atoms with E-state index in [1.165, 1.54) is 5.56 Å². The number of hydrogen-bond donors (Lipinski definition) is 1. The van der Waals surface area contributed by atoms with Crippen LogP contribution in [0, 0.1) is 19.8 Å². The molecule has 0 spiro atoms. The quantitative estimate of drug-likeness (QED) is 0.557. The monoisotopic (exact) mass is 434 g/mol. The lowest BCUT2D eigenvalue weighted by molar-refractivity contribution is -0.122. The van der Waals surface area contributed by atoms with E-state index in [2.05, 4.69) is 5.32 Å². The molecule has 1 atom stereocenters. The Bertz CT molecular complexity index is 1130. The highest BCUT2D eigenvalue weighted by Gasteiger charge is 2.35. The predicted molar refractivity (Wildman–Crippen MR) is 123 cm³/mol. The molecule has 0 unspecified atom stereocenters. The molecule has 0 bridgehead atoms. The summed E-state index contributed by atoms with van der Waals surface area (Å²) in [7, 11) is 0. The fraction of sp³-hybridized carbons (Fsp3) is 0.200. The van der Waals surface area contributed by atoms with Crippen molar-refractivity contribution < 1.29 is 14.3 Å². The van der Waals surface area contributed by atoms with Crippen molar-refractivity contribution in [1.29, 1.82) is 0 Å². The van der Waals surface area contributed by atoms with Crippen molar-refractivity contribution in [2.24, 2.45) is 5.92 Å². The minimum atomic E-state index is -0.419. The maximum absolute atomic E-state index is 12.7. The van der Waals surface area contributed by atoms with E-state index in [0.717, 1.165) is 11.3 Å². The third-order valence-electron chi connectivity index (χ3n) is 5.52. The van der Waals surface area contributed by atoms with Gasteiger partial charge in [0.2, 0.25) is 11.8 Å². The number of nitrogens with zero attached hydrogens (tertiary/aromatic N) is 1. The molecule has 0 aliphatic carbocycles. The van der Waals surface area contributed by atoms with Crippen molar-refractivity contribution in [3.05, 3.63) is 82.9 Å². The first-order valence-electron chi connectivity index (χ1n) is 10.1. The van der Waals surface area contributed by atoms with Crippen LogP contribution in [0.15, 0.2) is 66.7 Å². The zero-order valence-electron chi connectivity index (χ0n) is 17.4. The second-order valence-electron chi connectivity index (χ2n) is 7.70. The molecule has 6 heteroatoms. The van der Waals surface area contributed by atoms with Gasteiger partial charge in [-0.25, -0.2) is 0 Å². The third kappa shape index (κ3) is 4.72. The van der Waals surface area contributed by atoms with Gasteiger partial charge in [0.1, 0.15) is 11.5 Å². The van der Waals surface area contributed by atoms with Crippen molar-refractivity contribution in [2.75, 3.05) is 16.8 Å². The van der Waals surface area contributed by atoms with Crippen molar-refractivity contribution >= 4 is 34.8 Å². The molecule has 1 fully saturated rings. The molecule has 2 amide bonds. The summed E-state index contributed by atoms with van der Waals surface area (Å²) in [6.07, 6.45) is 0.173. The topological polar surface area (TPSA) is 58.6 Å². The Morgan fingerprint density at radius 1 is 1.06 bits per heavy atom. The highest BCUT2D eigenvalue weighted by molar-refractivity contribution is 6.31. The fourth-order valence-electron chi connectivity index (χ4n) is 3.59. The lowest BCUT2D eigenvalue weighted by Gasteiger charge is -2.17. The number of nitrogens with one attached hydrogen (secondary N) is 1. The molecule has 0 aromatic heterocycles. The first-order valence-corrected chi connectivity index (χ1v) is 10.5. The Kier molecular flexibility index (Phi) is 5.96. The molecular formula is C25H23ClN2O3. The van der Waals surface area contributed by atoms with Crippen molar-refractivity contribution in [3.8, 4) is 11.5 Å². The maximum Gasteiger partial charge on any atom is 0.229 e. The van der Waals surface area contributed by atoms with Gasteiger partial charge in [0.05, 0.1) is 5.92 Å². The van der Waals surface area contributed by atoms with Gasteiger partial charge in [-0.3, -0.25) is 9.59 Å². The Hall–Kier alpha value is -3.31. The van der Waals surface area contributed by atoms with Gasteiger partial charge in [-0.15, -0.1) is 0 Å². The highest BCUT2D eigenvalue weighted by atomic mass is 35.5. The van der Waals surface area contributed by atoms with Gasteiger partial charge in [-0.05, 0) is 73.5 Å². The number of rotatable bonds is 5. The standard InChI is InChI=1S/C25H23ClN2O3/c1-16-5-3-8-23(17(16)2)31-22-11-9-20(10-12-22)27-25(30)18-13-24(29)28(15-18)21-7-4-6-19(26)14-21/h3-12,14,18H,13,15H2,1-2H3,(H,27,30)/t18-/m1/s1. The van der Waals surface area contributed by atoms with E-state index >= 15 is 0 Å². The second kappa shape index (κ2) is 8.82. The summed E-state index contributed by atoms with van der Waals surface area (Å²) in [5.41, 5.74) is 3.63. The number of aryl methyl sites for hydroxylation is 1. The van der Waals surface area contributed by atoms with Crippen LogP contribution in [0.4, 0.5) is 11.4 Å². The van der Waals surface area contributed by atoms with Crippen LogP contribution in [0.2, 0.25) is 5.02 Å². The SMILES string of the molecule is Cc1cccc(Oc2ccc(NC(=O)[C@@H]3CC(=O)N(c4cccc(Cl)c4)C3)cc2)c1C. The van der Waals surface area contributed by atoms with E-state index < -0.39 is 5.92 Å². The third-order valence-corrected chi connectivity index (χ3v) is 5.76. The molecule has 0 saturated carbocycles. The molecule has 0 radical (unpaired) electrons. The molecule has 3 aromatic rings. The minimum Gasteiger partial charge on any atom is -0.457 e. The summed E-state index contributed by atoms with van der Waals surface area (Å²) in [4.78, 5) is 26.7. The van der Waals surface area contributed by atoms with Gasteiger partial charge in [0.25, 0.3) is 0 Å². The average Bonchev–Trinajstić information content (AvgIpc) is 3.15. The van der Waals surface area contributed by atoms with Gasteiger partial charge in [-0.2, -0.15) is 0 Å². The molecule has 5 nitrogen and oxygen atoms in total. The molecule has 1 aliphatic rings. The van der Waals surface area contributed by atoms with Gasteiger partial charge in [-0.1, -0.05) is 29.8 Å². The van der Waals surface area contributed by atoms with Crippen LogP contribution in [-0.2, 0) is 9.59 Å². The van der Waals surface area contributed by atoms with Crippen molar-refractivity contribution in [1.82, 2.24) is 0 Å². The average molecular weight is 435 g/mol. The number of hydrogen-bond acceptors (Lipinski definition) is 3. The van der Waals surface area contributed by atoms with E-state index in [1.807, 2.05) is 50.2 Å². The molecule has 31 heavy (non-hydrogen) atoms. The van der Waals surface area contributed by atoms with Crippen LogP contribution in [0.25, 0.3) is 0 Å². The maximum atomic E-state index is 12.7. The number of halogens is 1. The molecule has 1 saturated heterocycles. The summed E-state index contributed by atoms with van der Waals surface area (Å²) in [6.45, 7) is 4.40. The van der Waals surface area contributed by atoms with E-state index in [-0.39, 0.29) is 18.2 Å². The normalized spacial score (nSPS) is 15.8. The smallest absolute Gasteiger partial charge is 0.229 e. The molecule has 3 aromatic carbocycles. The Labute approximate surface area is 186 Å². The van der Waals surface area contributed by atoms with Gasteiger partial charge in [0.15, 0.2) is 0 Å². The van der Waals surface area contributed by atoms with E-state index in [9.17, 15) is 9.59 Å². The van der Waals surface area contributed by atoms with Crippen LogP contribution < -0.4 is 15.0 Å². The molecule has 4 rings (SSSR count). The van der Waals surface area contributed by atoms with Gasteiger partial charge in [0, 0.05) is 29.4 Å². The molecule has 1 aliphatic heterocycles. The second-order valence-corrected chi connectivity index (χ2v) is 8.14. The first-order chi connectivity index (χ1) is 14.9. The zero-order valence-corrected chi connectivity index (χ0v) is 18.1. The Morgan fingerprint density at radius 3 is 2.55 bits per heavy atom. The lowest BCUT2D eigenvalue weighted by atomic mass is 10.1. The first kappa shape index (κ1) is 20.9. The summed E-state index contributed by atoms with van der Waals surface area (Å²) < 4.78 is 5.96. The van der Waals surface area contributed by atoms with Gasteiger partial charge < -0.3 is 15.0 Å². The number of amides is 2. The summed E-state index contributed by atoms with van der Waals surface area (Å²) in [6, 6.07) is 20.3. The van der Waals surface area contributed by atoms with Crippen LogP contribution in [0.5, 0.6) is 11.5 Å².